The van der Waals surface area contributed by atoms with Crippen LogP contribution in [-0.4, -0.2) is 46.3 Å². The van der Waals surface area contributed by atoms with Crippen LogP contribution in [0.1, 0.15) is 25.7 Å². The number of hydrogen-bond acceptors (Lipinski definition) is 5. The van der Waals surface area contributed by atoms with E-state index in [0.717, 1.165) is 19.3 Å². The van der Waals surface area contributed by atoms with E-state index in [2.05, 4.69) is 5.10 Å². The lowest BCUT2D eigenvalue weighted by Gasteiger charge is -2.35. The fourth-order valence-corrected chi connectivity index (χ4v) is 2.51. The highest BCUT2D eigenvalue weighted by Gasteiger charge is 2.28. The van der Waals surface area contributed by atoms with Crippen molar-refractivity contribution in [1.82, 2.24) is 14.7 Å². The molecule has 1 aromatic rings. The smallest absolute Gasteiger partial charge is 0.307 e. The van der Waals surface area contributed by atoms with E-state index in [0.29, 0.717) is 12.4 Å². The maximum absolute atomic E-state index is 12.3. The number of carbonyl (C=O) groups excluding carboxylic acids is 2. The molecule has 0 aromatic carbocycles. The molecule has 7 heteroatoms. The molecular formula is C13H20N4O3. The van der Waals surface area contributed by atoms with E-state index in [4.69, 9.17) is 10.5 Å². The zero-order chi connectivity index (χ0) is 14.5. The normalized spacial score (nSPS) is 18.9. The van der Waals surface area contributed by atoms with Crippen molar-refractivity contribution in [2.45, 2.75) is 38.3 Å². The van der Waals surface area contributed by atoms with Crippen LogP contribution in [0.5, 0.6) is 0 Å². The molecule has 20 heavy (non-hydrogen) atoms. The van der Waals surface area contributed by atoms with Crippen LogP contribution >= 0.6 is 0 Å². The molecule has 1 saturated heterocycles. The number of hydrogen-bond donors (Lipinski definition) is 1. The fraction of sp³-hybridized carbons (Fsp3) is 0.615. The summed E-state index contributed by atoms with van der Waals surface area (Å²) in [6.45, 7) is 0.826. The topological polar surface area (TPSA) is 90.5 Å². The molecule has 2 N–H and O–H groups in total. The van der Waals surface area contributed by atoms with Crippen LogP contribution in [0.15, 0.2) is 12.3 Å². The molecule has 110 valence electrons. The number of nitrogens with two attached hydrogens (primary N) is 1. The maximum atomic E-state index is 12.3. The molecule has 1 aliphatic rings. The van der Waals surface area contributed by atoms with Crippen LogP contribution in [0.3, 0.4) is 0 Å². The number of anilines is 1. The molecule has 0 aliphatic carbocycles. The first-order valence-corrected chi connectivity index (χ1v) is 6.75. The van der Waals surface area contributed by atoms with Gasteiger partial charge in [0.2, 0.25) is 5.91 Å². The van der Waals surface area contributed by atoms with E-state index in [1.165, 1.54) is 11.8 Å². The third kappa shape index (κ3) is 3.49. The van der Waals surface area contributed by atoms with Gasteiger partial charge < -0.3 is 15.4 Å². The molecule has 0 saturated carbocycles. The molecule has 1 aromatic heterocycles. The van der Waals surface area contributed by atoms with Crippen molar-refractivity contribution in [1.29, 1.82) is 0 Å². The van der Waals surface area contributed by atoms with Gasteiger partial charge in [0.1, 0.15) is 12.4 Å². The van der Waals surface area contributed by atoms with E-state index in [9.17, 15) is 9.59 Å². The van der Waals surface area contributed by atoms with Gasteiger partial charge in [-0.15, -0.1) is 0 Å². The molecule has 1 atom stereocenters. The van der Waals surface area contributed by atoms with Crippen LogP contribution in [0.25, 0.3) is 0 Å². The largest absolute Gasteiger partial charge is 0.469 e. The van der Waals surface area contributed by atoms with Gasteiger partial charge in [0, 0.05) is 18.8 Å². The Labute approximate surface area is 117 Å². The summed E-state index contributed by atoms with van der Waals surface area (Å²) in [6.07, 6.45) is 4.75. The standard InChI is InChI=1S/C13H20N4O3/c1-20-13(19)8-10-4-2-3-6-17(10)12(18)9-16-7-5-11(14)15-16/h5,7,10H,2-4,6,8-9H2,1H3,(H2,14,15). The lowest BCUT2D eigenvalue weighted by molar-refractivity contribution is -0.144. The van der Waals surface area contributed by atoms with Crippen molar-refractivity contribution in [2.24, 2.45) is 0 Å². The number of nitrogens with zero attached hydrogens (tertiary/aromatic N) is 3. The van der Waals surface area contributed by atoms with Gasteiger partial charge in [0.05, 0.1) is 13.5 Å². The van der Waals surface area contributed by atoms with Crippen molar-refractivity contribution in [3.05, 3.63) is 12.3 Å². The molecule has 0 bridgehead atoms. The Morgan fingerprint density at radius 1 is 1.50 bits per heavy atom. The monoisotopic (exact) mass is 280 g/mol. The van der Waals surface area contributed by atoms with Gasteiger partial charge in [0.25, 0.3) is 0 Å². The van der Waals surface area contributed by atoms with Gasteiger partial charge in [-0.3, -0.25) is 14.3 Å². The van der Waals surface area contributed by atoms with Gasteiger partial charge in [0.15, 0.2) is 0 Å². The molecule has 0 spiro atoms. The zero-order valence-electron chi connectivity index (χ0n) is 11.6. The minimum absolute atomic E-state index is 0.0401. The number of carbonyl (C=O) groups is 2. The summed E-state index contributed by atoms with van der Waals surface area (Å²) in [5, 5.41) is 4.00. The van der Waals surface area contributed by atoms with E-state index in [1.807, 2.05) is 0 Å². The molecule has 0 radical (unpaired) electrons. The second kappa shape index (κ2) is 6.40. The Morgan fingerprint density at radius 3 is 2.95 bits per heavy atom. The van der Waals surface area contributed by atoms with E-state index in [1.54, 1.807) is 17.2 Å². The van der Waals surface area contributed by atoms with E-state index >= 15 is 0 Å². The summed E-state index contributed by atoms with van der Waals surface area (Å²) < 4.78 is 6.21. The highest BCUT2D eigenvalue weighted by atomic mass is 16.5. The number of methoxy groups -OCH3 is 1. The van der Waals surface area contributed by atoms with Gasteiger partial charge in [-0.1, -0.05) is 0 Å². The third-order valence-corrected chi connectivity index (χ3v) is 3.54. The number of ether oxygens (including phenoxy) is 1. The van der Waals surface area contributed by atoms with Crippen LogP contribution in [-0.2, 0) is 20.9 Å². The summed E-state index contributed by atoms with van der Waals surface area (Å²) >= 11 is 0. The first-order chi connectivity index (χ1) is 9.60. The quantitative estimate of drug-likeness (QED) is 0.807. The molecule has 2 heterocycles. The third-order valence-electron chi connectivity index (χ3n) is 3.54. The molecule has 1 aliphatic heterocycles. The molecule has 7 nitrogen and oxygen atoms in total. The van der Waals surface area contributed by atoms with Crippen LogP contribution in [0.4, 0.5) is 5.82 Å². The number of piperidine rings is 1. The lowest BCUT2D eigenvalue weighted by atomic mass is 9.99. The summed E-state index contributed by atoms with van der Waals surface area (Å²) in [7, 11) is 1.36. The number of nitrogen functional groups attached to an aromatic ring is 1. The van der Waals surface area contributed by atoms with Gasteiger partial charge in [-0.05, 0) is 25.3 Å². The minimum atomic E-state index is -0.280. The predicted octanol–water partition coefficient (Wildman–Crippen LogP) is 0.409. The second-order valence-corrected chi connectivity index (χ2v) is 4.96. The van der Waals surface area contributed by atoms with E-state index < -0.39 is 0 Å². The van der Waals surface area contributed by atoms with Crippen LogP contribution in [0, 0.1) is 0 Å². The van der Waals surface area contributed by atoms with Crippen molar-refractivity contribution in [3.63, 3.8) is 0 Å². The summed E-state index contributed by atoms with van der Waals surface area (Å²) in [6, 6.07) is 1.58. The van der Waals surface area contributed by atoms with Crippen LogP contribution in [0.2, 0.25) is 0 Å². The summed E-state index contributed by atoms with van der Waals surface area (Å²) in [5.74, 6) is 0.0716. The van der Waals surface area contributed by atoms with E-state index in [-0.39, 0.29) is 30.9 Å². The van der Waals surface area contributed by atoms with Crippen LogP contribution < -0.4 is 5.73 Å². The summed E-state index contributed by atoms with van der Waals surface area (Å²) in [5.41, 5.74) is 5.53. The Bertz CT molecular complexity index is 486. The van der Waals surface area contributed by atoms with Crippen molar-refractivity contribution in [3.8, 4) is 0 Å². The molecule has 2 rings (SSSR count). The Hall–Kier alpha value is -2.05. The first kappa shape index (κ1) is 14.4. The van der Waals surface area contributed by atoms with Crippen molar-refractivity contribution in [2.75, 3.05) is 19.4 Å². The molecule has 1 unspecified atom stereocenters. The molecular weight excluding hydrogens is 260 g/mol. The Morgan fingerprint density at radius 2 is 2.30 bits per heavy atom. The number of likely N-dealkylation sites (tertiary alicyclic amines) is 1. The number of amides is 1. The Balaban J connectivity index is 1.99. The van der Waals surface area contributed by atoms with Crippen molar-refractivity contribution < 1.29 is 14.3 Å². The number of rotatable bonds is 4. The zero-order valence-corrected chi connectivity index (χ0v) is 11.6. The predicted molar refractivity (Wildman–Crippen MR) is 72.6 cm³/mol. The van der Waals surface area contributed by atoms with Gasteiger partial charge >= 0.3 is 5.97 Å². The maximum Gasteiger partial charge on any atom is 0.307 e. The SMILES string of the molecule is COC(=O)CC1CCCCN1C(=O)Cn1ccc(N)n1. The second-order valence-electron chi connectivity index (χ2n) is 4.96. The van der Waals surface area contributed by atoms with Gasteiger partial charge in [-0.2, -0.15) is 5.10 Å². The fourth-order valence-electron chi connectivity index (χ4n) is 2.51. The first-order valence-electron chi connectivity index (χ1n) is 6.75. The average Bonchev–Trinajstić information content (AvgIpc) is 2.84. The number of aromatic nitrogens is 2. The number of esters is 1. The minimum Gasteiger partial charge on any atom is -0.469 e. The lowest BCUT2D eigenvalue weighted by Crippen LogP contribution is -2.46. The highest BCUT2D eigenvalue weighted by Crippen LogP contribution is 2.20. The summed E-state index contributed by atoms with van der Waals surface area (Å²) in [4.78, 5) is 25.5. The Kier molecular flexibility index (Phi) is 4.60. The molecule has 1 amide bonds. The van der Waals surface area contributed by atoms with Crippen molar-refractivity contribution >= 4 is 17.7 Å². The average molecular weight is 280 g/mol. The molecule has 1 fully saturated rings. The van der Waals surface area contributed by atoms with Gasteiger partial charge in [-0.25, -0.2) is 0 Å². The highest BCUT2D eigenvalue weighted by molar-refractivity contribution is 5.78.